The van der Waals surface area contributed by atoms with Gasteiger partial charge in [-0.05, 0) is 31.5 Å². The second-order valence-electron chi connectivity index (χ2n) is 5.54. The number of rotatable bonds is 6. The average Bonchev–Trinajstić information content (AvgIpc) is 2.53. The van der Waals surface area contributed by atoms with Crippen molar-refractivity contribution >= 4 is 29.0 Å². The molecule has 0 spiro atoms. The number of carbonyl (C=O) groups excluding carboxylic acids is 1. The van der Waals surface area contributed by atoms with Gasteiger partial charge in [-0.2, -0.15) is 0 Å². The van der Waals surface area contributed by atoms with Crippen LogP contribution in [0.1, 0.15) is 13.3 Å². The van der Waals surface area contributed by atoms with E-state index < -0.39 is 0 Å². The lowest BCUT2D eigenvalue weighted by Gasteiger charge is -2.30. The smallest absolute Gasteiger partial charge is 0.319 e. The van der Waals surface area contributed by atoms with Crippen LogP contribution in [0.15, 0.2) is 18.2 Å². The minimum Gasteiger partial charge on any atom is -0.385 e. The zero-order chi connectivity index (χ0) is 16.7. The highest BCUT2D eigenvalue weighted by atomic mass is 35.5. The quantitative estimate of drug-likeness (QED) is 0.835. The summed E-state index contributed by atoms with van der Waals surface area (Å²) in [6.07, 6.45) is 0.760. The van der Waals surface area contributed by atoms with Crippen molar-refractivity contribution in [2.75, 3.05) is 50.2 Å². The number of ether oxygens (including phenoxy) is 2. The first kappa shape index (κ1) is 17.8. The van der Waals surface area contributed by atoms with E-state index in [2.05, 4.69) is 15.5 Å². The van der Waals surface area contributed by atoms with Crippen LogP contribution in [0.25, 0.3) is 0 Å². The summed E-state index contributed by atoms with van der Waals surface area (Å²) in [5.74, 6) is 0. The van der Waals surface area contributed by atoms with Gasteiger partial charge in [-0.25, -0.2) is 4.79 Å². The number of anilines is 2. The topological polar surface area (TPSA) is 62.8 Å². The fourth-order valence-corrected chi connectivity index (χ4v) is 2.61. The SMILES string of the molecule is COCC[C@@H](C)NC(=O)Nc1cc(Cl)ccc1N1CCOCC1. The van der Waals surface area contributed by atoms with Crippen molar-refractivity contribution < 1.29 is 14.3 Å². The minimum absolute atomic E-state index is 0.0287. The van der Waals surface area contributed by atoms with Crippen molar-refractivity contribution in [3.63, 3.8) is 0 Å². The molecule has 128 valence electrons. The average molecular weight is 342 g/mol. The van der Waals surface area contributed by atoms with E-state index in [9.17, 15) is 4.79 Å². The van der Waals surface area contributed by atoms with Crippen LogP contribution in [-0.4, -0.2) is 52.1 Å². The third-order valence-electron chi connectivity index (χ3n) is 3.69. The van der Waals surface area contributed by atoms with Crippen molar-refractivity contribution in [1.82, 2.24) is 5.32 Å². The molecule has 0 radical (unpaired) electrons. The highest BCUT2D eigenvalue weighted by molar-refractivity contribution is 6.31. The molecule has 1 aromatic carbocycles. The van der Waals surface area contributed by atoms with Gasteiger partial charge in [0.25, 0.3) is 0 Å². The van der Waals surface area contributed by atoms with Gasteiger partial charge in [0.2, 0.25) is 0 Å². The normalized spacial score (nSPS) is 16.0. The molecular weight excluding hydrogens is 318 g/mol. The third kappa shape index (κ3) is 5.57. The van der Waals surface area contributed by atoms with Crippen LogP contribution in [0.3, 0.4) is 0 Å². The van der Waals surface area contributed by atoms with Gasteiger partial charge >= 0.3 is 6.03 Å². The van der Waals surface area contributed by atoms with Crippen LogP contribution in [0, 0.1) is 0 Å². The summed E-state index contributed by atoms with van der Waals surface area (Å²) in [6.45, 7) is 5.51. The van der Waals surface area contributed by atoms with Crippen molar-refractivity contribution in [2.24, 2.45) is 0 Å². The molecule has 7 heteroatoms. The molecule has 0 unspecified atom stereocenters. The number of hydrogen-bond donors (Lipinski definition) is 2. The first-order chi connectivity index (χ1) is 11.1. The van der Waals surface area contributed by atoms with Gasteiger partial charge in [0.05, 0.1) is 24.6 Å². The lowest BCUT2D eigenvalue weighted by atomic mass is 10.2. The number of nitrogens with one attached hydrogen (secondary N) is 2. The fraction of sp³-hybridized carbons (Fsp3) is 0.562. The third-order valence-corrected chi connectivity index (χ3v) is 3.93. The van der Waals surface area contributed by atoms with E-state index in [-0.39, 0.29) is 12.1 Å². The van der Waals surface area contributed by atoms with Crippen LogP contribution in [0.5, 0.6) is 0 Å². The van der Waals surface area contributed by atoms with Crippen LogP contribution < -0.4 is 15.5 Å². The Labute approximate surface area is 142 Å². The highest BCUT2D eigenvalue weighted by Gasteiger charge is 2.17. The predicted octanol–water partition coefficient (Wildman–Crippen LogP) is 2.72. The zero-order valence-electron chi connectivity index (χ0n) is 13.6. The van der Waals surface area contributed by atoms with Crippen molar-refractivity contribution in [3.05, 3.63) is 23.2 Å². The number of nitrogens with zero attached hydrogens (tertiary/aromatic N) is 1. The van der Waals surface area contributed by atoms with Gasteiger partial charge in [-0.3, -0.25) is 0 Å². The Balaban J connectivity index is 2.02. The Kier molecular flexibility index (Phi) is 6.95. The Hall–Kier alpha value is -1.50. The maximum Gasteiger partial charge on any atom is 0.319 e. The van der Waals surface area contributed by atoms with Crippen molar-refractivity contribution in [3.8, 4) is 0 Å². The van der Waals surface area contributed by atoms with E-state index in [1.165, 1.54) is 0 Å². The molecule has 1 saturated heterocycles. The standard InChI is InChI=1S/C16H24ClN3O3/c1-12(5-8-22-2)18-16(21)19-14-11-13(17)3-4-15(14)20-6-9-23-10-7-20/h3-4,11-12H,5-10H2,1-2H3,(H2,18,19,21)/t12-/m1/s1. The lowest BCUT2D eigenvalue weighted by Crippen LogP contribution is -2.39. The number of morpholine rings is 1. The molecule has 6 nitrogen and oxygen atoms in total. The van der Waals surface area contributed by atoms with Crippen molar-refractivity contribution in [2.45, 2.75) is 19.4 Å². The Morgan fingerprint density at radius 1 is 1.43 bits per heavy atom. The summed E-state index contributed by atoms with van der Waals surface area (Å²) in [5.41, 5.74) is 1.66. The molecule has 1 aromatic rings. The maximum absolute atomic E-state index is 12.2. The number of amides is 2. The first-order valence-corrected chi connectivity index (χ1v) is 8.16. The summed E-state index contributed by atoms with van der Waals surface area (Å²) in [5, 5.41) is 6.38. The Morgan fingerprint density at radius 2 is 2.17 bits per heavy atom. The highest BCUT2D eigenvalue weighted by Crippen LogP contribution is 2.29. The number of urea groups is 1. The van der Waals surface area contributed by atoms with Gasteiger partial charge in [0.1, 0.15) is 0 Å². The van der Waals surface area contributed by atoms with Crippen molar-refractivity contribution in [1.29, 1.82) is 0 Å². The molecular formula is C16H24ClN3O3. The molecule has 2 N–H and O–H groups in total. The lowest BCUT2D eigenvalue weighted by molar-refractivity contribution is 0.123. The van der Waals surface area contributed by atoms with Gasteiger partial charge in [-0.1, -0.05) is 11.6 Å². The number of halogens is 1. The monoisotopic (exact) mass is 341 g/mol. The van der Waals surface area contributed by atoms with Crippen LogP contribution in [0.2, 0.25) is 5.02 Å². The van der Waals surface area contributed by atoms with E-state index >= 15 is 0 Å². The summed E-state index contributed by atoms with van der Waals surface area (Å²) < 4.78 is 10.4. The number of carbonyl (C=O) groups is 1. The summed E-state index contributed by atoms with van der Waals surface area (Å²) in [6, 6.07) is 5.31. The molecule has 1 fully saturated rings. The molecule has 0 bridgehead atoms. The minimum atomic E-state index is -0.245. The van der Waals surface area contributed by atoms with Gasteiger partial charge in [0, 0.05) is 37.9 Å². The second-order valence-corrected chi connectivity index (χ2v) is 5.98. The number of hydrogen-bond acceptors (Lipinski definition) is 4. The van der Waals surface area contributed by atoms with Crippen LogP contribution in [0.4, 0.5) is 16.2 Å². The summed E-state index contributed by atoms with van der Waals surface area (Å²) in [7, 11) is 1.65. The van der Waals surface area contributed by atoms with Gasteiger partial charge < -0.3 is 25.0 Å². The summed E-state index contributed by atoms with van der Waals surface area (Å²) in [4.78, 5) is 14.4. The molecule has 0 aliphatic carbocycles. The molecule has 1 atom stereocenters. The van der Waals surface area contributed by atoms with E-state index in [0.29, 0.717) is 30.5 Å². The molecule has 2 amide bonds. The van der Waals surface area contributed by atoms with E-state index in [1.807, 2.05) is 19.1 Å². The molecule has 1 aliphatic rings. The molecule has 1 heterocycles. The molecule has 2 rings (SSSR count). The van der Waals surface area contributed by atoms with Gasteiger partial charge in [-0.15, -0.1) is 0 Å². The Morgan fingerprint density at radius 3 is 2.87 bits per heavy atom. The zero-order valence-corrected chi connectivity index (χ0v) is 14.4. The van der Waals surface area contributed by atoms with E-state index in [1.54, 1.807) is 13.2 Å². The van der Waals surface area contributed by atoms with Crippen LogP contribution in [-0.2, 0) is 9.47 Å². The van der Waals surface area contributed by atoms with Gasteiger partial charge in [0.15, 0.2) is 0 Å². The molecule has 1 aliphatic heterocycles. The second kappa shape index (κ2) is 8.96. The molecule has 0 saturated carbocycles. The predicted molar refractivity (Wildman–Crippen MR) is 92.6 cm³/mol. The van der Waals surface area contributed by atoms with E-state index in [0.717, 1.165) is 25.2 Å². The van der Waals surface area contributed by atoms with Crippen LogP contribution >= 0.6 is 11.6 Å². The maximum atomic E-state index is 12.2. The molecule has 0 aromatic heterocycles. The Bertz CT molecular complexity index is 521. The fourth-order valence-electron chi connectivity index (χ4n) is 2.44. The first-order valence-electron chi connectivity index (χ1n) is 7.79. The van der Waals surface area contributed by atoms with E-state index in [4.69, 9.17) is 21.1 Å². The summed E-state index contributed by atoms with van der Waals surface area (Å²) >= 11 is 6.08. The number of benzene rings is 1. The molecule has 23 heavy (non-hydrogen) atoms. The largest absolute Gasteiger partial charge is 0.385 e. The number of methoxy groups -OCH3 is 1.